The van der Waals surface area contributed by atoms with Crippen molar-refractivity contribution in [2.75, 3.05) is 5.73 Å². The zero-order chi connectivity index (χ0) is 13.3. The molecule has 2 rings (SSSR count). The van der Waals surface area contributed by atoms with Gasteiger partial charge < -0.3 is 0 Å². The SMILES string of the molecule is Cc1cc(-c2c(F)cccc2Cl)c(C#N)c(N)[nH+]1. The zero-order valence-corrected chi connectivity index (χ0v) is 10.3. The summed E-state index contributed by atoms with van der Waals surface area (Å²) in [5.41, 5.74) is 7.23. The average Bonchev–Trinajstić information content (AvgIpc) is 2.28. The number of pyridine rings is 1. The Hall–Kier alpha value is -2.12. The lowest BCUT2D eigenvalue weighted by Crippen LogP contribution is -2.16. The molecule has 0 fully saturated rings. The van der Waals surface area contributed by atoms with E-state index in [1.54, 1.807) is 19.1 Å². The average molecular weight is 263 g/mol. The maximum atomic E-state index is 13.9. The molecule has 0 aliphatic carbocycles. The monoisotopic (exact) mass is 262 g/mol. The van der Waals surface area contributed by atoms with Crippen molar-refractivity contribution in [1.29, 1.82) is 5.26 Å². The number of nitrogens with zero attached hydrogens (tertiary/aromatic N) is 1. The first-order valence-electron chi connectivity index (χ1n) is 5.21. The number of nitrogens with two attached hydrogens (primary N) is 1. The van der Waals surface area contributed by atoms with Crippen LogP contribution in [0.3, 0.4) is 0 Å². The molecule has 0 bridgehead atoms. The van der Waals surface area contributed by atoms with Crippen molar-refractivity contribution in [3.8, 4) is 17.2 Å². The summed E-state index contributed by atoms with van der Waals surface area (Å²) in [6.07, 6.45) is 0. The van der Waals surface area contributed by atoms with E-state index in [2.05, 4.69) is 4.98 Å². The van der Waals surface area contributed by atoms with E-state index in [1.165, 1.54) is 12.1 Å². The number of aromatic amines is 1. The molecular weight excluding hydrogens is 253 g/mol. The molecule has 5 heteroatoms. The van der Waals surface area contributed by atoms with E-state index < -0.39 is 5.82 Å². The highest BCUT2D eigenvalue weighted by molar-refractivity contribution is 6.33. The molecular formula is C13H10ClFN3+. The summed E-state index contributed by atoms with van der Waals surface area (Å²) in [6.45, 7) is 1.77. The van der Waals surface area contributed by atoms with Crippen LogP contribution in [-0.4, -0.2) is 0 Å². The molecule has 18 heavy (non-hydrogen) atoms. The van der Waals surface area contributed by atoms with Crippen LogP contribution < -0.4 is 10.7 Å². The predicted molar refractivity (Wildman–Crippen MR) is 67.3 cm³/mol. The summed E-state index contributed by atoms with van der Waals surface area (Å²) in [7, 11) is 0. The van der Waals surface area contributed by atoms with Gasteiger partial charge in [-0.15, -0.1) is 0 Å². The number of rotatable bonds is 1. The number of nitrogen functional groups attached to an aromatic ring is 1. The van der Waals surface area contributed by atoms with Crippen LogP contribution in [0.1, 0.15) is 11.3 Å². The number of H-pyrrole nitrogens is 1. The Kier molecular flexibility index (Phi) is 3.17. The Labute approximate surface area is 109 Å². The number of aromatic nitrogens is 1. The summed E-state index contributed by atoms with van der Waals surface area (Å²) in [5.74, 6) is -0.282. The highest BCUT2D eigenvalue weighted by Gasteiger charge is 2.19. The van der Waals surface area contributed by atoms with Gasteiger partial charge in [0, 0.05) is 11.1 Å². The summed E-state index contributed by atoms with van der Waals surface area (Å²) >= 11 is 6.00. The van der Waals surface area contributed by atoms with Crippen LogP contribution in [0.5, 0.6) is 0 Å². The first kappa shape index (κ1) is 12.3. The summed E-state index contributed by atoms with van der Waals surface area (Å²) in [6, 6.07) is 8.00. The molecule has 0 atom stereocenters. The van der Waals surface area contributed by atoms with Gasteiger partial charge in [0.2, 0.25) is 0 Å². The van der Waals surface area contributed by atoms with E-state index in [0.29, 0.717) is 5.56 Å². The smallest absolute Gasteiger partial charge is 0.286 e. The van der Waals surface area contributed by atoms with Crippen LogP contribution in [0, 0.1) is 24.1 Å². The molecule has 3 nitrogen and oxygen atoms in total. The molecule has 0 aliphatic heterocycles. The number of aryl methyl sites for hydroxylation is 1. The molecule has 1 heterocycles. The second-order valence-electron chi connectivity index (χ2n) is 3.86. The maximum absolute atomic E-state index is 13.9. The molecule has 0 spiro atoms. The van der Waals surface area contributed by atoms with E-state index in [0.717, 1.165) is 5.69 Å². The largest absolute Gasteiger partial charge is 0.289 e. The molecule has 2 aromatic rings. The van der Waals surface area contributed by atoms with Crippen molar-refractivity contribution in [3.63, 3.8) is 0 Å². The Morgan fingerprint density at radius 1 is 1.44 bits per heavy atom. The van der Waals surface area contributed by atoms with E-state index in [4.69, 9.17) is 22.6 Å². The normalized spacial score (nSPS) is 10.1. The lowest BCUT2D eigenvalue weighted by atomic mass is 10.00. The lowest BCUT2D eigenvalue weighted by molar-refractivity contribution is -0.370. The van der Waals surface area contributed by atoms with Gasteiger partial charge in [-0.1, -0.05) is 17.7 Å². The zero-order valence-electron chi connectivity index (χ0n) is 9.59. The third-order valence-electron chi connectivity index (χ3n) is 2.58. The molecule has 0 unspecified atom stereocenters. The summed E-state index contributed by atoms with van der Waals surface area (Å²) in [4.78, 5) is 2.83. The Morgan fingerprint density at radius 3 is 2.78 bits per heavy atom. The lowest BCUT2D eigenvalue weighted by Gasteiger charge is -2.08. The van der Waals surface area contributed by atoms with Crippen molar-refractivity contribution in [2.24, 2.45) is 0 Å². The van der Waals surface area contributed by atoms with Crippen LogP contribution >= 0.6 is 11.6 Å². The van der Waals surface area contributed by atoms with E-state index in [1.807, 2.05) is 6.07 Å². The molecule has 1 aromatic heterocycles. The van der Waals surface area contributed by atoms with Gasteiger partial charge in [-0.05, 0) is 25.1 Å². The number of halogens is 2. The van der Waals surface area contributed by atoms with Crippen LogP contribution in [0.4, 0.5) is 10.2 Å². The fourth-order valence-electron chi connectivity index (χ4n) is 1.82. The quantitative estimate of drug-likeness (QED) is 0.859. The first-order chi connectivity index (χ1) is 8.54. The number of hydrogen-bond donors (Lipinski definition) is 1. The van der Waals surface area contributed by atoms with Crippen LogP contribution in [0.15, 0.2) is 24.3 Å². The third-order valence-corrected chi connectivity index (χ3v) is 2.89. The highest BCUT2D eigenvalue weighted by Crippen LogP contribution is 2.33. The van der Waals surface area contributed by atoms with Gasteiger partial charge in [0.25, 0.3) is 5.82 Å². The molecule has 0 amide bonds. The number of nitrogens with one attached hydrogen (secondary N) is 1. The van der Waals surface area contributed by atoms with Crippen molar-refractivity contribution in [2.45, 2.75) is 6.92 Å². The Balaban J connectivity index is 2.84. The van der Waals surface area contributed by atoms with Gasteiger partial charge in [-0.2, -0.15) is 5.26 Å². The Morgan fingerprint density at radius 2 is 2.17 bits per heavy atom. The number of hydrogen-bond acceptors (Lipinski definition) is 2. The van der Waals surface area contributed by atoms with Gasteiger partial charge in [-0.25, -0.2) is 9.37 Å². The summed E-state index contributed by atoms with van der Waals surface area (Å²) < 4.78 is 13.9. The molecule has 1 aromatic carbocycles. The maximum Gasteiger partial charge on any atom is 0.289 e. The standard InChI is InChI=1S/C13H9ClFN3/c1-7-5-8(9(6-16)13(17)18-7)12-10(14)3-2-4-11(12)15/h2-5H,1H3,(H2,17,18)/p+1. The van der Waals surface area contributed by atoms with Gasteiger partial charge in [0.15, 0.2) is 0 Å². The second kappa shape index (κ2) is 4.63. The molecule has 90 valence electrons. The van der Waals surface area contributed by atoms with E-state index in [-0.39, 0.29) is 22.0 Å². The van der Waals surface area contributed by atoms with Gasteiger partial charge >= 0.3 is 0 Å². The fourth-order valence-corrected chi connectivity index (χ4v) is 2.08. The highest BCUT2D eigenvalue weighted by atomic mass is 35.5. The minimum absolute atomic E-state index is 0.188. The minimum Gasteiger partial charge on any atom is -0.286 e. The van der Waals surface area contributed by atoms with Crippen molar-refractivity contribution in [3.05, 3.63) is 46.4 Å². The van der Waals surface area contributed by atoms with Gasteiger partial charge in [-0.3, -0.25) is 5.73 Å². The summed E-state index contributed by atoms with van der Waals surface area (Å²) in [5, 5.41) is 9.36. The van der Waals surface area contributed by atoms with E-state index in [9.17, 15) is 4.39 Å². The van der Waals surface area contributed by atoms with Crippen molar-refractivity contribution in [1.82, 2.24) is 0 Å². The predicted octanol–water partition coefficient (Wildman–Crippen LogP) is 2.72. The third kappa shape index (κ3) is 2.01. The number of benzene rings is 1. The van der Waals surface area contributed by atoms with Crippen molar-refractivity contribution >= 4 is 17.4 Å². The molecule has 0 saturated heterocycles. The molecule has 3 N–H and O–H groups in total. The minimum atomic E-state index is -0.482. The van der Waals surface area contributed by atoms with Crippen LogP contribution in [-0.2, 0) is 0 Å². The second-order valence-corrected chi connectivity index (χ2v) is 4.27. The van der Waals surface area contributed by atoms with Gasteiger partial charge in [0.05, 0.1) is 10.7 Å². The molecule has 0 radical (unpaired) electrons. The van der Waals surface area contributed by atoms with Crippen LogP contribution in [0.2, 0.25) is 5.02 Å². The molecule has 0 aliphatic rings. The topological polar surface area (TPSA) is 64.0 Å². The first-order valence-corrected chi connectivity index (χ1v) is 5.59. The molecule has 0 saturated carbocycles. The van der Waals surface area contributed by atoms with Gasteiger partial charge in [0.1, 0.15) is 17.4 Å². The Bertz CT molecular complexity index is 642. The van der Waals surface area contributed by atoms with Crippen LogP contribution in [0.25, 0.3) is 11.1 Å². The van der Waals surface area contributed by atoms with Crippen molar-refractivity contribution < 1.29 is 9.37 Å². The number of anilines is 1. The van der Waals surface area contributed by atoms with E-state index >= 15 is 0 Å². The number of nitriles is 1. The fraction of sp³-hybridized carbons (Fsp3) is 0.0769.